The van der Waals surface area contributed by atoms with Crippen LogP contribution >= 0.6 is 12.4 Å². The van der Waals surface area contributed by atoms with Crippen molar-refractivity contribution in [3.63, 3.8) is 0 Å². The van der Waals surface area contributed by atoms with Crippen LogP contribution in [0.1, 0.15) is 28.8 Å². The molecule has 1 aromatic carbocycles. The first-order chi connectivity index (χ1) is 11.1. The normalized spacial score (nSPS) is 20.3. The number of hydrogen-bond acceptors (Lipinski definition) is 4. The molecule has 0 radical (unpaired) electrons. The number of imide groups is 1. The molecule has 3 N–H and O–H groups in total. The maximum Gasteiger partial charge on any atom is 0.324 e. The lowest BCUT2D eigenvalue weighted by molar-refractivity contribution is -0.125. The second kappa shape index (κ2) is 8.12. The Kier molecular flexibility index (Phi) is 6.16. The molecule has 0 spiro atoms. The van der Waals surface area contributed by atoms with Gasteiger partial charge >= 0.3 is 6.03 Å². The second-order valence-corrected chi connectivity index (χ2v) is 5.85. The molecule has 0 aromatic heterocycles. The van der Waals surface area contributed by atoms with Gasteiger partial charge in [0.2, 0.25) is 5.91 Å². The van der Waals surface area contributed by atoms with Crippen molar-refractivity contribution in [2.24, 2.45) is 0 Å². The molecule has 130 valence electrons. The SMILES string of the molecule is Cl.O=C(NC1CCCNC1)c1ccc(CN2C(=O)CNC2=O)cc1. The monoisotopic (exact) mass is 352 g/mol. The van der Waals surface area contributed by atoms with Gasteiger partial charge < -0.3 is 16.0 Å². The van der Waals surface area contributed by atoms with Gasteiger partial charge in [-0.25, -0.2) is 4.79 Å². The molecule has 4 amide bonds. The number of piperidine rings is 1. The van der Waals surface area contributed by atoms with E-state index < -0.39 is 0 Å². The third-order valence-electron chi connectivity index (χ3n) is 4.13. The van der Waals surface area contributed by atoms with Crippen LogP contribution in [0.2, 0.25) is 0 Å². The Morgan fingerprint density at radius 3 is 2.58 bits per heavy atom. The molecule has 2 saturated heterocycles. The summed E-state index contributed by atoms with van der Waals surface area (Å²) in [5.41, 5.74) is 1.39. The highest BCUT2D eigenvalue weighted by Crippen LogP contribution is 2.11. The maximum atomic E-state index is 12.2. The summed E-state index contributed by atoms with van der Waals surface area (Å²) in [5, 5.41) is 8.75. The number of carbonyl (C=O) groups is 3. The highest BCUT2D eigenvalue weighted by molar-refractivity contribution is 6.01. The van der Waals surface area contributed by atoms with E-state index >= 15 is 0 Å². The molecule has 1 unspecified atom stereocenters. The van der Waals surface area contributed by atoms with Crippen LogP contribution in [0.25, 0.3) is 0 Å². The van der Waals surface area contributed by atoms with E-state index in [9.17, 15) is 14.4 Å². The van der Waals surface area contributed by atoms with Gasteiger partial charge in [0.25, 0.3) is 5.91 Å². The van der Waals surface area contributed by atoms with Crippen LogP contribution in [0.3, 0.4) is 0 Å². The van der Waals surface area contributed by atoms with Crippen molar-refractivity contribution in [2.75, 3.05) is 19.6 Å². The van der Waals surface area contributed by atoms with E-state index in [1.165, 1.54) is 4.90 Å². The van der Waals surface area contributed by atoms with Crippen LogP contribution in [0.15, 0.2) is 24.3 Å². The van der Waals surface area contributed by atoms with E-state index in [0.717, 1.165) is 31.5 Å². The average Bonchev–Trinajstić information content (AvgIpc) is 2.88. The summed E-state index contributed by atoms with van der Waals surface area (Å²) in [4.78, 5) is 36.4. The molecule has 2 fully saturated rings. The number of hydrogen-bond donors (Lipinski definition) is 3. The standard InChI is InChI=1S/C16H20N4O3.ClH/c21-14-9-18-16(23)20(14)10-11-3-5-12(6-4-11)15(22)19-13-2-1-7-17-8-13;/h3-6,13,17H,1-2,7-10H2,(H,18,23)(H,19,22);1H. The van der Waals surface area contributed by atoms with Crippen molar-refractivity contribution in [3.8, 4) is 0 Å². The number of urea groups is 1. The molecule has 0 aliphatic carbocycles. The van der Waals surface area contributed by atoms with E-state index in [1.807, 2.05) is 0 Å². The largest absolute Gasteiger partial charge is 0.348 e. The molecule has 7 nitrogen and oxygen atoms in total. The zero-order valence-corrected chi connectivity index (χ0v) is 14.0. The van der Waals surface area contributed by atoms with Crippen LogP contribution < -0.4 is 16.0 Å². The molecule has 3 rings (SSSR count). The van der Waals surface area contributed by atoms with Crippen molar-refractivity contribution in [1.82, 2.24) is 20.9 Å². The van der Waals surface area contributed by atoms with Gasteiger partial charge in [-0.3, -0.25) is 14.5 Å². The highest BCUT2D eigenvalue weighted by atomic mass is 35.5. The summed E-state index contributed by atoms with van der Waals surface area (Å²) >= 11 is 0. The molecule has 0 saturated carbocycles. The lowest BCUT2D eigenvalue weighted by Crippen LogP contribution is -2.45. The Balaban J connectivity index is 0.00000208. The molecule has 1 atom stereocenters. The van der Waals surface area contributed by atoms with Gasteiger partial charge in [0, 0.05) is 18.2 Å². The van der Waals surface area contributed by atoms with Crippen LogP contribution in [0.5, 0.6) is 0 Å². The minimum Gasteiger partial charge on any atom is -0.348 e. The van der Waals surface area contributed by atoms with Crippen molar-refractivity contribution in [2.45, 2.75) is 25.4 Å². The van der Waals surface area contributed by atoms with Crippen LogP contribution in [-0.4, -0.2) is 48.4 Å². The Morgan fingerprint density at radius 1 is 1.25 bits per heavy atom. The van der Waals surface area contributed by atoms with E-state index in [-0.39, 0.29) is 49.4 Å². The van der Waals surface area contributed by atoms with E-state index in [4.69, 9.17) is 0 Å². The molecule has 24 heavy (non-hydrogen) atoms. The summed E-state index contributed by atoms with van der Waals surface area (Å²) in [6.45, 7) is 2.08. The quantitative estimate of drug-likeness (QED) is 0.694. The number of amides is 4. The van der Waals surface area contributed by atoms with Gasteiger partial charge in [0.1, 0.15) is 0 Å². The Labute approximate surface area is 146 Å². The predicted molar refractivity (Wildman–Crippen MR) is 91.0 cm³/mol. The fourth-order valence-electron chi connectivity index (χ4n) is 2.80. The van der Waals surface area contributed by atoms with Crippen molar-refractivity contribution >= 4 is 30.3 Å². The third kappa shape index (κ3) is 4.24. The first-order valence-electron chi connectivity index (χ1n) is 7.82. The third-order valence-corrected chi connectivity index (χ3v) is 4.13. The van der Waals surface area contributed by atoms with Gasteiger partial charge in [0.15, 0.2) is 0 Å². The molecule has 2 aliphatic heterocycles. The molecular weight excluding hydrogens is 332 g/mol. The molecule has 2 heterocycles. The fraction of sp³-hybridized carbons (Fsp3) is 0.438. The van der Waals surface area contributed by atoms with Crippen LogP contribution in [-0.2, 0) is 11.3 Å². The van der Waals surface area contributed by atoms with Crippen molar-refractivity contribution < 1.29 is 14.4 Å². The summed E-state index contributed by atoms with van der Waals surface area (Å²) in [5.74, 6) is -0.332. The number of benzene rings is 1. The van der Waals surface area contributed by atoms with Crippen LogP contribution in [0.4, 0.5) is 4.79 Å². The van der Waals surface area contributed by atoms with Gasteiger partial charge in [0.05, 0.1) is 13.1 Å². The topological polar surface area (TPSA) is 90.5 Å². The number of rotatable bonds is 4. The van der Waals surface area contributed by atoms with Crippen molar-refractivity contribution in [1.29, 1.82) is 0 Å². The lowest BCUT2D eigenvalue weighted by atomic mass is 10.1. The number of halogens is 1. The number of nitrogens with zero attached hydrogens (tertiary/aromatic N) is 1. The average molecular weight is 353 g/mol. The Morgan fingerprint density at radius 2 is 2.00 bits per heavy atom. The number of carbonyl (C=O) groups excluding carboxylic acids is 3. The molecule has 1 aromatic rings. The molecule has 8 heteroatoms. The lowest BCUT2D eigenvalue weighted by Gasteiger charge is -2.23. The molecular formula is C16H21ClN4O3. The summed E-state index contributed by atoms with van der Waals surface area (Å²) in [7, 11) is 0. The van der Waals surface area contributed by atoms with Gasteiger partial charge in [-0.2, -0.15) is 0 Å². The van der Waals surface area contributed by atoms with Gasteiger partial charge in [-0.05, 0) is 37.1 Å². The minimum atomic E-state index is -0.374. The van der Waals surface area contributed by atoms with Crippen LogP contribution in [0, 0.1) is 0 Å². The maximum absolute atomic E-state index is 12.2. The second-order valence-electron chi connectivity index (χ2n) is 5.85. The fourth-order valence-corrected chi connectivity index (χ4v) is 2.80. The summed E-state index contributed by atoms with van der Waals surface area (Å²) in [6.07, 6.45) is 2.05. The minimum absolute atomic E-state index is 0. The zero-order valence-electron chi connectivity index (χ0n) is 13.2. The van der Waals surface area contributed by atoms with Crippen molar-refractivity contribution in [3.05, 3.63) is 35.4 Å². The first-order valence-corrected chi connectivity index (χ1v) is 7.82. The highest BCUT2D eigenvalue weighted by Gasteiger charge is 2.28. The zero-order chi connectivity index (χ0) is 16.2. The molecule has 0 bridgehead atoms. The van der Waals surface area contributed by atoms with E-state index in [1.54, 1.807) is 24.3 Å². The molecule has 2 aliphatic rings. The van der Waals surface area contributed by atoms with Gasteiger partial charge in [-0.15, -0.1) is 12.4 Å². The Hall–Kier alpha value is -2.12. The predicted octanol–water partition coefficient (Wildman–Crippen LogP) is 0.642. The smallest absolute Gasteiger partial charge is 0.324 e. The number of nitrogens with one attached hydrogen (secondary N) is 3. The first kappa shape index (κ1) is 18.2. The Bertz CT molecular complexity index is 598. The van der Waals surface area contributed by atoms with E-state index in [0.29, 0.717) is 5.56 Å². The summed E-state index contributed by atoms with van der Waals surface area (Å²) < 4.78 is 0. The van der Waals surface area contributed by atoms with Gasteiger partial charge in [-0.1, -0.05) is 12.1 Å². The van der Waals surface area contributed by atoms with E-state index in [2.05, 4.69) is 16.0 Å². The summed E-state index contributed by atoms with van der Waals surface area (Å²) in [6, 6.07) is 6.78.